The van der Waals surface area contributed by atoms with Gasteiger partial charge in [0.25, 0.3) is 0 Å². The molecule has 0 amide bonds. The molecular weight excluding hydrogens is 220 g/mol. The first kappa shape index (κ1) is 14.9. The van der Waals surface area contributed by atoms with Crippen LogP contribution in [-0.4, -0.2) is 48.3 Å². The van der Waals surface area contributed by atoms with E-state index in [1.54, 1.807) is 0 Å². The van der Waals surface area contributed by atoms with Crippen LogP contribution in [0.4, 0.5) is 0 Å². The van der Waals surface area contributed by atoms with E-state index in [1.807, 2.05) is 0 Å². The number of aliphatic hydroxyl groups is 2. The number of unbranched alkanes of at least 4 members (excludes halogenated alkanes) is 1. The lowest BCUT2D eigenvalue weighted by Gasteiger charge is -2.33. The first-order valence-electron chi connectivity index (χ1n) is 6.74. The smallest absolute Gasteiger partial charge is 0.114 e. The monoisotopic (exact) mass is 246 g/mol. The topological polar surface area (TPSA) is 58.9 Å². The van der Waals surface area contributed by atoms with E-state index in [9.17, 15) is 10.2 Å². The fraction of sp³-hybridized carbons (Fsp3) is 1.00. The number of hydrogen-bond donors (Lipinski definition) is 2. The molecule has 17 heavy (non-hydrogen) atoms. The van der Waals surface area contributed by atoms with E-state index in [0.717, 1.165) is 12.8 Å². The Balaban J connectivity index is 2.31. The van der Waals surface area contributed by atoms with Gasteiger partial charge in [0.05, 0.1) is 19.8 Å². The molecule has 1 aliphatic rings. The molecule has 4 nitrogen and oxygen atoms in total. The highest BCUT2D eigenvalue weighted by molar-refractivity contribution is 4.81. The predicted octanol–water partition coefficient (Wildman–Crippen LogP) is 1.34. The van der Waals surface area contributed by atoms with Gasteiger partial charge < -0.3 is 19.7 Å². The van der Waals surface area contributed by atoms with Gasteiger partial charge in [-0.25, -0.2) is 0 Å². The molecule has 1 saturated heterocycles. The standard InChI is InChI=1S/C13H26O4/c1-3-5-6-10(4-2)7-17-13-11(14)8-16-9-12(13)15/h10-15H,3-9H2,1-2H3. The van der Waals surface area contributed by atoms with Gasteiger partial charge >= 0.3 is 0 Å². The van der Waals surface area contributed by atoms with E-state index in [1.165, 1.54) is 12.8 Å². The Labute approximate surface area is 104 Å². The summed E-state index contributed by atoms with van der Waals surface area (Å²) in [5.41, 5.74) is 0. The highest BCUT2D eigenvalue weighted by atomic mass is 16.5. The van der Waals surface area contributed by atoms with Gasteiger partial charge in [-0.05, 0) is 12.3 Å². The molecule has 0 aromatic carbocycles. The average Bonchev–Trinajstić information content (AvgIpc) is 2.32. The molecule has 0 aliphatic carbocycles. The molecule has 0 aromatic rings. The van der Waals surface area contributed by atoms with E-state index in [0.29, 0.717) is 12.5 Å². The molecule has 1 heterocycles. The van der Waals surface area contributed by atoms with Gasteiger partial charge in [0.1, 0.15) is 18.3 Å². The van der Waals surface area contributed by atoms with E-state index in [4.69, 9.17) is 9.47 Å². The first-order valence-corrected chi connectivity index (χ1v) is 6.74. The molecule has 2 N–H and O–H groups in total. The summed E-state index contributed by atoms with van der Waals surface area (Å²) in [5.74, 6) is 0.525. The van der Waals surface area contributed by atoms with Crippen molar-refractivity contribution in [3.63, 3.8) is 0 Å². The minimum absolute atomic E-state index is 0.257. The second-order valence-corrected chi connectivity index (χ2v) is 4.89. The van der Waals surface area contributed by atoms with Crippen molar-refractivity contribution in [3.8, 4) is 0 Å². The Morgan fingerprint density at radius 3 is 2.41 bits per heavy atom. The number of rotatable bonds is 7. The maximum atomic E-state index is 9.69. The number of aliphatic hydroxyl groups excluding tert-OH is 2. The van der Waals surface area contributed by atoms with Crippen LogP contribution in [-0.2, 0) is 9.47 Å². The molecule has 1 fully saturated rings. The Kier molecular flexibility index (Phi) is 7.04. The van der Waals surface area contributed by atoms with Crippen LogP contribution in [0.25, 0.3) is 0 Å². The molecule has 0 spiro atoms. The molecule has 0 aromatic heterocycles. The summed E-state index contributed by atoms with van der Waals surface area (Å²) in [6.07, 6.45) is 2.74. The van der Waals surface area contributed by atoms with Crippen molar-refractivity contribution in [2.75, 3.05) is 19.8 Å². The molecule has 0 radical (unpaired) electrons. The predicted molar refractivity (Wildman–Crippen MR) is 65.9 cm³/mol. The summed E-state index contributed by atoms with van der Waals surface area (Å²) in [6, 6.07) is 0. The van der Waals surface area contributed by atoms with E-state index in [-0.39, 0.29) is 13.2 Å². The van der Waals surface area contributed by atoms with Crippen LogP contribution in [0.1, 0.15) is 39.5 Å². The molecule has 0 bridgehead atoms. The lowest BCUT2D eigenvalue weighted by Crippen LogP contribution is -2.49. The fourth-order valence-electron chi connectivity index (χ4n) is 2.12. The zero-order chi connectivity index (χ0) is 12.7. The third-order valence-electron chi connectivity index (χ3n) is 3.40. The van der Waals surface area contributed by atoms with Crippen molar-refractivity contribution in [2.24, 2.45) is 5.92 Å². The molecule has 3 atom stereocenters. The van der Waals surface area contributed by atoms with Gasteiger partial charge in [-0.2, -0.15) is 0 Å². The van der Waals surface area contributed by atoms with Crippen LogP contribution in [0.5, 0.6) is 0 Å². The number of ether oxygens (including phenoxy) is 2. The SMILES string of the molecule is CCCCC(CC)COC1C(O)COCC1O. The largest absolute Gasteiger partial charge is 0.388 e. The summed E-state index contributed by atoms with van der Waals surface area (Å²) in [6.45, 7) is 5.47. The molecular formula is C13H26O4. The minimum atomic E-state index is -0.706. The molecule has 4 heteroatoms. The summed E-state index contributed by atoms with van der Waals surface area (Å²) in [4.78, 5) is 0. The Morgan fingerprint density at radius 1 is 1.24 bits per heavy atom. The van der Waals surface area contributed by atoms with Gasteiger partial charge in [0.15, 0.2) is 0 Å². The van der Waals surface area contributed by atoms with E-state index < -0.39 is 18.3 Å². The van der Waals surface area contributed by atoms with Crippen LogP contribution < -0.4 is 0 Å². The fourth-order valence-corrected chi connectivity index (χ4v) is 2.12. The van der Waals surface area contributed by atoms with Gasteiger partial charge in [-0.1, -0.05) is 33.1 Å². The molecule has 0 saturated carbocycles. The summed E-state index contributed by atoms with van der Waals surface area (Å²) in [7, 11) is 0. The van der Waals surface area contributed by atoms with Gasteiger partial charge in [0.2, 0.25) is 0 Å². The first-order chi connectivity index (χ1) is 8.19. The number of hydrogen-bond acceptors (Lipinski definition) is 4. The van der Waals surface area contributed by atoms with Crippen LogP contribution in [0.2, 0.25) is 0 Å². The maximum Gasteiger partial charge on any atom is 0.114 e. The van der Waals surface area contributed by atoms with Crippen molar-refractivity contribution in [3.05, 3.63) is 0 Å². The molecule has 1 rings (SSSR count). The van der Waals surface area contributed by atoms with E-state index in [2.05, 4.69) is 13.8 Å². The van der Waals surface area contributed by atoms with Crippen LogP contribution >= 0.6 is 0 Å². The summed E-state index contributed by atoms with van der Waals surface area (Å²) in [5, 5.41) is 19.4. The molecule has 102 valence electrons. The van der Waals surface area contributed by atoms with Crippen molar-refractivity contribution in [1.82, 2.24) is 0 Å². The van der Waals surface area contributed by atoms with Crippen molar-refractivity contribution in [1.29, 1.82) is 0 Å². The Bertz CT molecular complexity index is 188. The van der Waals surface area contributed by atoms with Crippen molar-refractivity contribution < 1.29 is 19.7 Å². The van der Waals surface area contributed by atoms with Crippen LogP contribution in [0, 0.1) is 5.92 Å². The van der Waals surface area contributed by atoms with Crippen molar-refractivity contribution >= 4 is 0 Å². The van der Waals surface area contributed by atoms with Crippen LogP contribution in [0.3, 0.4) is 0 Å². The molecule has 3 unspecified atom stereocenters. The second kappa shape index (κ2) is 8.03. The zero-order valence-corrected chi connectivity index (χ0v) is 11.0. The summed E-state index contributed by atoms with van der Waals surface area (Å²) < 4.78 is 10.7. The third-order valence-corrected chi connectivity index (χ3v) is 3.40. The van der Waals surface area contributed by atoms with Crippen LogP contribution in [0.15, 0.2) is 0 Å². The van der Waals surface area contributed by atoms with Gasteiger partial charge in [-0.15, -0.1) is 0 Å². The van der Waals surface area contributed by atoms with Gasteiger partial charge in [0, 0.05) is 0 Å². The summed E-state index contributed by atoms with van der Waals surface area (Å²) >= 11 is 0. The normalized spacial score (nSPS) is 31.4. The highest BCUT2D eigenvalue weighted by Gasteiger charge is 2.32. The lowest BCUT2D eigenvalue weighted by atomic mass is 10.00. The third kappa shape index (κ3) is 4.92. The molecule has 1 aliphatic heterocycles. The lowest BCUT2D eigenvalue weighted by molar-refractivity contribution is -0.176. The van der Waals surface area contributed by atoms with Crippen molar-refractivity contribution in [2.45, 2.75) is 57.8 Å². The maximum absolute atomic E-state index is 9.69. The van der Waals surface area contributed by atoms with Gasteiger partial charge in [-0.3, -0.25) is 0 Å². The second-order valence-electron chi connectivity index (χ2n) is 4.89. The minimum Gasteiger partial charge on any atom is -0.388 e. The Morgan fingerprint density at radius 2 is 1.88 bits per heavy atom. The quantitative estimate of drug-likeness (QED) is 0.711. The average molecular weight is 246 g/mol. The Hall–Kier alpha value is -0.160. The highest BCUT2D eigenvalue weighted by Crippen LogP contribution is 2.18. The van der Waals surface area contributed by atoms with E-state index >= 15 is 0 Å². The zero-order valence-electron chi connectivity index (χ0n) is 11.0.